The fourth-order valence-corrected chi connectivity index (χ4v) is 0. The van der Waals surface area contributed by atoms with Crippen LogP contribution in [0.3, 0.4) is 0 Å². The Balaban J connectivity index is 0. The summed E-state index contributed by atoms with van der Waals surface area (Å²) in [5, 5.41) is 0. The predicted octanol–water partition coefficient (Wildman–Crippen LogP) is 4.45. The topological polar surface area (TPSA) is 0 Å². The van der Waals surface area contributed by atoms with Gasteiger partial charge in [-0.2, -0.15) is 0 Å². The molecule has 0 heterocycles. The second-order valence-electron chi connectivity index (χ2n) is 0. The quantitative estimate of drug-likeness (QED) is 0.337. The van der Waals surface area contributed by atoms with Crippen LogP contribution in [0.4, 0.5) is 0 Å². The molecule has 0 aliphatic carbocycles. The molecule has 0 N–H and O–H groups in total. The molecule has 0 aromatic carbocycles. The molecule has 0 fully saturated rings. The van der Waals surface area contributed by atoms with Gasteiger partial charge in [-0.15, -0.1) is 0 Å². The van der Waals surface area contributed by atoms with Crippen LogP contribution in [0, 0.1) is 0 Å². The largest absolute Gasteiger partial charge is 0.0776 e. The van der Waals surface area contributed by atoms with Gasteiger partial charge < -0.3 is 0 Å². The van der Waals surface area contributed by atoms with Crippen molar-refractivity contribution in [1.82, 2.24) is 0 Å². The maximum atomic E-state index is 0. The van der Waals surface area contributed by atoms with Gasteiger partial charge in [-0.1, -0.05) is 52.0 Å². The van der Waals surface area contributed by atoms with E-state index in [4.69, 9.17) is 0 Å². The van der Waals surface area contributed by atoms with Crippen LogP contribution in [0.2, 0.25) is 0 Å². The van der Waals surface area contributed by atoms with Crippen molar-refractivity contribution >= 4 is 0 Å². The summed E-state index contributed by atoms with van der Waals surface area (Å²) >= 11 is 0. The van der Waals surface area contributed by atoms with Gasteiger partial charge in [0.15, 0.2) is 0 Å². The van der Waals surface area contributed by atoms with Gasteiger partial charge in [0.05, 0.1) is 0 Å². The van der Waals surface area contributed by atoms with Crippen LogP contribution >= 0.6 is 0 Å². The normalized spacial score (nSPS) is 0. The number of hydrogen-bond acceptors (Lipinski definition) is 0. The molecule has 12 heavy (non-hydrogen) atoms. The molecule has 0 radical (unpaired) electrons. The smallest absolute Gasteiger partial charge is 0 e. The molecule has 0 aromatic heterocycles. The fourth-order valence-electron chi connectivity index (χ4n) is 0. The maximum Gasteiger partial charge on any atom is 0 e. The Morgan fingerprint density at radius 2 is 0.167 bits per heavy atom. The zero-order valence-electron chi connectivity index (χ0n) is 1.34. The molecule has 126 valence electrons. The molecule has 5 heteroatoms. The van der Waals surface area contributed by atoms with E-state index in [1.807, 2.05) is 0 Å². The van der Waals surface area contributed by atoms with E-state index in [2.05, 4.69) is 0 Å². The van der Waals surface area contributed by atoms with Gasteiger partial charge in [0.1, 0.15) is 0 Å². The summed E-state index contributed by atoms with van der Waals surface area (Å²) in [6.07, 6.45) is 0. The summed E-state index contributed by atoms with van der Waals surface area (Å²) in [6, 6.07) is 0. The average Bonchev–Trinajstić information content (AvgIpc) is 0. The monoisotopic (exact) mass is 1410 g/mol. The Labute approximate surface area is 53.0 Å². The van der Waals surface area contributed by atoms with Crippen molar-refractivity contribution in [2.45, 2.75) is 52.0 Å². The van der Waals surface area contributed by atoms with Crippen LogP contribution in [0.15, 0.2) is 0 Å². The summed E-state index contributed by atoms with van der Waals surface area (Å²) in [5.74, 6) is 0. The third-order valence-corrected chi connectivity index (χ3v) is 0. The molecule has 0 bridgehead atoms. The number of hydrogen-bond donors (Lipinski definition) is 0. The Kier molecular flexibility index (Phi) is 5.04. The van der Waals surface area contributed by atoms with Crippen LogP contribution < -0.4 is 0 Å². The van der Waals surface area contributed by atoms with Crippen LogP contribution in [0.25, 0.3) is 0 Å². The van der Waals surface area contributed by atoms with Crippen LogP contribution in [0.1, 0.15) is 52.0 Å². The van der Waals surface area contributed by atoms with E-state index in [0.29, 0.717) is 0 Å². The standard InChI is InChI=1S/7CH4.5No/h7*1H4;;;;;. The molecule has 0 atom stereocenters. The summed E-state index contributed by atoms with van der Waals surface area (Å²) in [7, 11) is 0. The zero-order valence-corrected chi connectivity index (χ0v) is 12.5. The van der Waals surface area contributed by atoms with Gasteiger partial charge in [0.25, 0.3) is 0 Å². The minimum absolute atomic E-state index is 0. The first-order valence-electron chi connectivity index (χ1n) is 0. The van der Waals surface area contributed by atoms with Crippen molar-refractivity contribution < 1.29 is 0 Å². The van der Waals surface area contributed by atoms with Crippen molar-refractivity contribution in [2.24, 2.45) is 0 Å². The molecule has 0 rings (SSSR count). The predicted molar refractivity (Wildman–Crippen MR) is 47.1 cm³/mol. The first-order chi connectivity index (χ1) is 0. The van der Waals surface area contributed by atoms with Crippen molar-refractivity contribution in [3.63, 3.8) is 0 Å². The molecule has 0 amide bonds. The van der Waals surface area contributed by atoms with E-state index in [9.17, 15) is 0 Å². The van der Waals surface area contributed by atoms with Crippen LogP contribution in [-0.4, -0.2) is 0 Å². The second-order valence-corrected chi connectivity index (χ2v) is 0. The van der Waals surface area contributed by atoms with Gasteiger partial charge >= 0.3 is 0 Å². The van der Waals surface area contributed by atoms with Gasteiger partial charge in [-0.3, -0.25) is 0 Å². The van der Waals surface area contributed by atoms with Crippen molar-refractivity contribution in [3.05, 3.63) is 0 Å². The van der Waals surface area contributed by atoms with E-state index in [1.54, 1.807) is 0 Å². The molecule has 0 aliphatic rings. The summed E-state index contributed by atoms with van der Waals surface area (Å²) < 4.78 is 0. The minimum atomic E-state index is 0. The van der Waals surface area contributed by atoms with Gasteiger partial charge in [-0.25, -0.2) is 0 Å². The molecular formula is C7H28No5. The summed E-state index contributed by atoms with van der Waals surface area (Å²) in [4.78, 5) is 0. The van der Waals surface area contributed by atoms with Gasteiger partial charge in [-0.05, 0) is 0 Å². The Morgan fingerprint density at radius 3 is 0.167 bits per heavy atom. The Bertz CT molecular complexity index is 11.8. The molecule has 0 spiro atoms. The van der Waals surface area contributed by atoms with E-state index in [0.717, 1.165) is 0 Å². The second kappa shape index (κ2) is 6.00. The molecular weight excluding hydrogens is 1380 g/mol. The summed E-state index contributed by atoms with van der Waals surface area (Å²) in [6.45, 7) is 0. The fraction of sp³-hybridized carbons (Fsp3) is 1.00. The zero-order chi connectivity index (χ0) is 0. The maximum absolute atomic E-state index is 0. The Hall–Kier alpha value is -5.00. The first-order valence-corrected chi connectivity index (χ1v) is 0. The van der Waals surface area contributed by atoms with Crippen LogP contribution in [0.5, 0.6) is 0 Å². The molecule has 0 saturated carbocycles. The third-order valence-electron chi connectivity index (χ3n) is 0. The van der Waals surface area contributed by atoms with Crippen LogP contribution in [-0.2, 0) is 0 Å². The molecule has 0 unspecified atom stereocenters. The molecule has 0 saturated heterocycles. The van der Waals surface area contributed by atoms with E-state index < -0.39 is 0 Å². The third kappa shape index (κ3) is 3.20. The van der Waals surface area contributed by atoms with Gasteiger partial charge in [0.2, 0.25) is 0 Å². The minimum Gasteiger partial charge on any atom is -0.0776 e. The van der Waals surface area contributed by atoms with Crippen molar-refractivity contribution in [3.8, 4) is 0 Å². The van der Waals surface area contributed by atoms with Crippen molar-refractivity contribution in [1.29, 1.82) is 0 Å². The van der Waals surface area contributed by atoms with Gasteiger partial charge in [0, 0.05) is 0 Å². The van der Waals surface area contributed by atoms with E-state index in [1.165, 1.54) is 0 Å². The van der Waals surface area contributed by atoms with Crippen molar-refractivity contribution in [2.75, 3.05) is 0 Å². The van der Waals surface area contributed by atoms with E-state index >= 15 is 0 Å². The number of rotatable bonds is 0. The van der Waals surface area contributed by atoms with E-state index in [-0.39, 0.29) is 52.0 Å². The Morgan fingerprint density at radius 1 is 0.167 bits per heavy atom. The average molecular weight is 1410 g/mol. The molecule has 0 aliphatic heterocycles. The first kappa shape index (κ1) is 10.1. The molecule has 0 nitrogen and oxygen atoms in total. The SMILES string of the molecule is C.C.C.C.C.C.C.[No].[No].[No].[No].[No]. The summed E-state index contributed by atoms with van der Waals surface area (Å²) in [5.41, 5.74) is 0. The molecule has 0 aromatic rings.